The minimum atomic E-state index is -0.820. The second kappa shape index (κ2) is 6.93. The standard InChI is InChI=1S/C22H15N3O5/c26-20-17(11-15-7-4-10-24(15)14-5-2-1-3-6-14)21(27)25(22(28)23-20)16-8-9-18-19(12-16)30-13-29-18/h1-12H,13H2,(H,23,26,28). The highest BCUT2D eigenvalue weighted by molar-refractivity contribution is 6.39. The molecule has 3 aromatic rings. The summed E-state index contributed by atoms with van der Waals surface area (Å²) >= 11 is 0. The number of aromatic nitrogens is 1. The Morgan fingerprint density at radius 2 is 1.67 bits per heavy atom. The van der Waals surface area contributed by atoms with Gasteiger partial charge in [0.25, 0.3) is 11.8 Å². The maximum absolute atomic E-state index is 13.1. The van der Waals surface area contributed by atoms with Gasteiger partial charge < -0.3 is 14.0 Å². The number of ether oxygens (including phenoxy) is 2. The van der Waals surface area contributed by atoms with Gasteiger partial charge in [-0.1, -0.05) is 18.2 Å². The Balaban J connectivity index is 1.54. The Morgan fingerprint density at radius 3 is 2.50 bits per heavy atom. The maximum atomic E-state index is 13.1. The minimum Gasteiger partial charge on any atom is -0.454 e. The highest BCUT2D eigenvalue weighted by atomic mass is 16.7. The van der Waals surface area contributed by atoms with Crippen LogP contribution in [0.15, 0.2) is 72.4 Å². The average Bonchev–Trinajstić information content (AvgIpc) is 3.40. The van der Waals surface area contributed by atoms with Crippen molar-refractivity contribution in [1.82, 2.24) is 9.88 Å². The topological polar surface area (TPSA) is 89.9 Å². The van der Waals surface area contributed by atoms with E-state index in [9.17, 15) is 14.4 Å². The zero-order chi connectivity index (χ0) is 20.7. The largest absolute Gasteiger partial charge is 0.454 e. The van der Waals surface area contributed by atoms with Gasteiger partial charge in [0.1, 0.15) is 5.57 Å². The van der Waals surface area contributed by atoms with E-state index in [-0.39, 0.29) is 18.1 Å². The first-order chi connectivity index (χ1) is 14.6. The quantitative estimate of drug-likeness (QED) is 0.538. The molecule has 8 heteroatoms. The minimum absolute atomic E-state index is 0.0685. The number of nitrogens with one attached hydrogen (secondary N) is 1. The average molecular weight is 401 g/mol. The molecule has 0 spiro atoms. The molecule has 0 atom stereocenters. The van der Waals surface area contributed by atoms with E-state index < -0.39 is 17.8 Å². The molecule has 0 radical (unpaired) electrons. The molecule has 5 rings (SSSR count). The van der Waals surface area contributed by atoms with Crippen LogP contribution in [-0.4, -0.2) is 29.2 Å². The summed E-state index contributed by atoms with van der Waals surface area (Å²) in [7, 11) is 0. The molecule has 2 aliphatic rings. The lowest BCUT2D eigenvalue weighted by molar-refractivity contribution is -0.122. The highest BCUT2D eigenvalue weighted by Gasteiger charge is 2.37. The first-order valence-corrected chi connectivity index (χ1v) is 9.16. The summed E-state index contributed by atoms with van der Waals surface area (Å²) in [4.78, 5) is 38.9. The number of hydrogen-bond donors (Lipinski definition) is 1. The van der Waals surface area contributed by atoms with Crippen molar-refractivity contribution in [2.45, 2.75) is 0 Å². The van der Waals surface area contributed by atoms with Crippen LogP contribution >= 0.6 is 0 Å². The van der Waals surface area contributed by atoms with Crippen LogP contribution in [0.25, 0.3) is 11.8 Å². The molecule has 30 heavy (non-hydrogen) atoms. The van der Waals surface area contributed by atoms with Crippen LogP contribution in [0, 0.1) is 0 Å². The van der Waals surface area contributed by atoms with Crippen molar-refractivity contribution in [2.24, 2.45) is 0 Å². The van der Waals surface area contributed by atoms with Crippen LogP contribution in [-0.2, 0) is 9.59 Å². The summed E-state index contributed by atoms with van der Waals surface area (Å²) in [5.74, 6) is -0.518. The van der Waals surface area contributed by atoms with Crippen molar-refractivity contribution in [3.8, 4) is 17.2 Å². The van der Waals surface area contributed by atoms with Crippen LogP contribution in [0.3, 0.4) is 0 Å². The van der Waals surface area contributed by atoms with Crippen LogP contribution in [0.4, 0.5) is 10.5 Å². The molecular weight excluding hydrogens is 386 g/mol. The summed E-state index contributed by atoms with van der Waals surface area (Å²) in [6, 6.07) is 17.0. The number of rotatable bonds is 3. The zero-order valence-electron chi connectivity index (χ0n) is 15.6. The molecule has 148 valence electrons. The third kappa shape index (κ3) is 2.91. The fourth-order valence-corrected chi connectivity index (χ4v) is 3.40. The summed E-state index contributed by atoms with van der Waals surface area (Å²) in [6.45, 7) is 0.0685. The predicted molar refractivity (Wildman–Crippen MR) is 107 cm³/mol. The number of fused-ring (bicyclic) bond motifs is 1. The van der Waals surface area contributed by atoms with Gasteiger partial charge in [0.2, 0.25) is 6.79 Å². The molecule has 1 N–H and O–H groups in total. The Kier molecular flexibility index (Phi) is 4.10. The van der Waals surface area contributed by atoms with Crippen molar-refractivity contribution >= 4 is 29.6 Å². The van der Waals surface area contributed by atoms with Crippen LogP contribution < -0.4 is 19.7 Å². The van der Waals surface area contributed by atoms with E-state index in [1.165, 1.54) is 12.1 Å². The molecule has 0 unspecified atom stereocenters. The molecule has 1 fully saturated rings. The van der Waals surface area contributed by atoms with Gasteiger partial charge >= 0.3 is 6.03 Å². The van der Waals surface area contributed by atoms with Crippen molar-refractivity contribution in [1.29, 1.82) is 0 Å². The molecule has 0 bridgehead atoms. The molecule has 0 aliphatic carbocycles. The number of para-hydroxylation sites is 1. The monoisotopic (exact) mass is 401 g/mol. The van der Waals surface area contributed by atoms with Gasteiger partial charge in [-0.3, -0.25) is 14.9 Å². The second-order valence-electron chi connectivity index (χ2n) is 6.63. The molecule has 3 heterocycles. The van der Waals surface area contributed by atoms with E-state index in [1.807, 2.05) is 47.2 Å². The molecule has 1 saturated heterocycles. The van der Waals surface area contributed by atoms with Gasteiger partial charge in [-0.25, -0.2) is 9.69 Å². The molecule has 8 nitrogen and oxygen atoms in total. The van der Waals surface area contributed by atoms with Crippen molar-refractivity contribution in [3.63, 3.8) is 0 Å². The SMILES string of the molecule is O=C1NC(=O)N(c2ccc3c(c2)OCO3)C(=O)C1=Cc1cccn1-c1ccccc1. The molecule has 2 aromatic carbocycles. The second-order valence-corrected chi connectivity index (χ2v) is 6.63. The van der Waals surface area contributed by atoms with Crippen molar-refractivity contribution < 1.29 is 23.9 Å². The van der Waals surface area contributed by atoms with Crippen molar-refractivity contribution in [2.75, 3.05) is 11.7 Å². The zero-order valence-corrected chi connectivity index (χ0v) is 15.6. The summed E-state index contributed by atoms with van der Waals surface area (Å²) < 4.78 is 12.4. The summed E-state index contributed by atoms with van der Waals surface area (Å²) in [5, 5.41) is 2.23. The van der Waals surface area contributed by atoms with E-state index in [0.29, 0.717) is 17.2 Å². The molecule has 0 saturated carbocycles. The summed E-state index contributed by atoms with van der Waals surface area (Å²) in [5.41, 5.74) is 1.63. The van der Waals surface area contributed by atoms with Crippen LogP contribution in [0.5, 0.6) is 11.5 Å². The fourth-order valence-electron chi connectivity index (χ4n) is 3.40. The van der Waals surface area contributed by atoms with Gasteiger partial charge in [0.15, 0.2) is 11.5 Å². The third-order valence-corrected chi connectivity index (χ3v) is 4.82. The van der Waals surface area contributed by atoms with Crippen molar-refractivity contribution in [3.05, 3.63) is 78.1 Å². The van der Waals surface area contributed by atoms with Gasteiger partial charge in [0.05, 0.1) is 5.69 Å². The lowest BCUT2D eigenvalue weighted by Crippen LogP contribution is -2.54. The molecule has 4 amide bonds. The van der Waals surface area contributed by atoms with Gasteiger partial charge in [-0.05, 0) is 42.5 Å². The number of carbonyl (C=O) groups is 3. The van der Waals surface area contributed by atoms with Gasteiger partial charge in [-0.15, -0.1) is 0 Å². The first-order valence-electron chi connectivity index (χ1n) is 9.16. The number of urea groups is 1. The number of barbiturate groups is 1. The molecule has 1 aromatic heterocycles. The Bertz CT molecular complexity index is 1210. The number of hydrogen-bond acceptors (Lipinski definition) is 5. The van der Waals surface area contributed by atoms with E-state index in [0.717, 1.165) is 10.6 Å². The van der Waals surface area contributed by atoms with E-state index in [4.69, 9.17) is 9.47 Å². The van der Waals surface area contributed by atoms with Gasteiger partial charge in [0, 0.05) is 23.6 Å². The van der Waals surface area contributed by atoms with Crippen LogP contribution in [0.2, 0.25) is 0 Å². The Hall–Kier alpha value is -4.33. The smallest absolute Gasteiger partial charge is 0.335 e. The number of amides is 4. The lowest BCUT2D eigenvalue weighted by Gasteiger charge is -2.26. The number of benzene rings is 2. The fraction of sp³-hybridized carbons (Fsp3) is 0.0455. The Labute approximate surface area is 170 Å². The summed E-state index contributed by atoms with van der Waals surface area (Å²) in [6.07, 6.45) is 3.30. The normalized spacial score (nSPS) is 16.9. The Morgan fingerprint density at radius 1 is 0.867 bits per heavy atom. The highest BCUT2D eigenvalue weighted by Crippen LogP contribution is 2.36. The molecular formula is C22H15N3O5. The molecule has 2 aliphatic heterocycles. The lowest BCUT2D eigenvalue weighted by atomic mass is 10.1. The van der Waals surface area contributed by atoms with Crippen LogP contribution in [0.1, 0.15) is 5.69 Å². The maximum Gasteiger partial charge on any atom is 0.335 e. The first kappa shape index (κ1) is 17.7. The number of nitrogens with zero attached hydrogens (tertiary/aromatic N) is 2. The number of carbonyl (C=O) groups excluding carboxylic acids is 3. The third-order valence-electron chi connectivity index (χ3n) is 4.82. The predicted octanol–water partition coefficient (Wildman–Crippen LogP) is 2.87. The number of imide groups is 2. The van der Waals surface area contributed by atoms with E-state index in [2.05, 4.69) is 5.32 Å². The van der Waals surface area contributed by atoms with E-state index in [1.54, 1.807) is 18.2 Å². The van der Waals surface area contributed by atoms with E-state index >= 15 is 0 Å². The van der Waals surface area contributed by atoms with Gasteiger partial charge in [-0.2, -0.15) is 0 Å². The number of anilines is 1.